The molecule has 2 atom stereocenters. The molecule has 0 radical (unpaired) electrons. The third-order valence-electron chi connectivity index (χ3n) is 3.51. The number of nitrogen functional groups attached to an aromatic ring is 1. The summed E-state index contributed by atoms with van der Waals surface area (Å²) >= 11 is 1.43. The van der Waals surface area contributed by atoms with Gasteiger partial charge in [-0.15, -0.1) is 11.3 Å². The van der Waals surface area contributed by atoms with Gasteiger partial charge in [0.1, 0.15) is 0 Å². The third-order valence-corrected chi connectivity index (χ3v) is 4.47. The third kappa shape index (κ3) is 3.33. The van der Waals surface area contributed by atoms with Crippen molar-refractivity contribution in [2.45, 2.75) is 39.0 Å². The summed E-state index contributed by atoms with van der Waals surface area (Å²) < 4.78 is 5.69. The van der Waals surface area contributed by atoms with Crippen LogP contribution >= 0.6 is 11.3 Å². The Hall–Kier alpha value is -0.950. The molecule has 1 aromatic rings. The van der Waals surface area contributed by atoms with Crippen molar-refractivity contribution in [1.29, 1.82) is 0 Å². The zero-order chi connectivity index (χ0) is 13.8. The van der Waals surface area contributed by atoms with Gasteiger partial charge in [0.05, 0.1) is 17.6 Å². The van der Waals surface area contributed by atoms with Gasteiger partial charge in [0.25, 0.3) is 5.91 Å². The highest BCUT2D eigenvalue weighted by Gasteiger charge is 2.26. The molecule has 19 heavy (non-hydrogen) atoms. The van der Waals surface area contributed by atoms with Gasteiger partial charge in [-0.2, -0.15) is 0 Å². The van der Waals surface area contributed by atoms with Crippen LogP contribution in [0.1, 0.15) is 35.5 Å². The van der Waals surface area contributed by atoms with Crippen LogP contribution in [0.2, 0.25) is 0 Å². The van der Waals surface area contributed by atoms with Crippen LogP contribution in [0, 0.1) is 0 Å². The Labute approximate surface area is 117 Å². The average Bonchev–Trinajstić information content (AvgIpc) is 2.86. The van der Waals surface area contributed by atoms with Crippen LogP contribution in [0.3, 0.4) is 0 Å². The number of nitrogens with two attached hydrogens (primary N) is 1. The van der Waals surface area contributed by atoms with E-state index in [0.717, 1.165) is 31.7 Å². The minimum atomic E-state index is -0.209. The van der Waals surface area contributed by atoms with Gasteiger partial charge in [0.2, 0.25) is 0 Å². The van der Waals surface area contributed by atoms with E-state index >= 15 is 0 Å². The number of amides is 1. The van der Waals surface area contributed by atoms with Crippen LogP contribution in [0.5, 0.6) is 0 Å². The first-order valence-corrected chi connectivity index (χ1v) is 7.46. The molecular weight excluding hydrogens is 262 g/mol. The molecule has 2 unspecified atom stereocenters. The zero-order valence-corrected chi connectivity index (χ0v) is 12.2. The first-order valence-electron chi connectivity index (χ1n) is 6.58. The molecule has 2 rings (SSSR count). The molecule has 0 bridgehead atoms. The predicted molar refractivity (Wildman–Crippen MR) is 75.9 cm³/mol. The second-order valence-corrected chi connectivity index (χ2v) is 5.80. The summed E-state index contributed by atoms with van der Waals surface area (Å²) in [5, 5.41) is 1.94. The number of rotatable bonds is 4. The summed E-state index contributed by atoms with van der Waals surface area (Å²) in [5.41, 5.74) is 3.25. The fraction of sp³-hybridized carbons (Fsp3) is 0.615. The fourth-order valence-corrected chi connectivity index (χ4v) is 3.24. The molecule has 1 aliphatic heterocycles. The topological polar surface area (TPSA) is 67.6 Å². The number of nitrogens with zero attached hydrogens (tertiary/aromatic N) is 1. The van der Waals surface area contributed by atoms with Gasteiger partial charge < -0.3 is 4.74 Å². The summed E-state index contributed by atoms with van der Waals surface area (Å²) in [6, 6.07) is 2.42. The predicted octanol–water partition coefficient (Wildman–Crippen LogP) is 1.35. The lowest BCUT2D eigenvalue weighted by molar-refractivity contribution is -0.0591. The molecule has 0 spiro atoms. The summed E-state index contributed by atoms with van der Waals surface area (Å²) in [5.74, 6) is 5.01. The van der Waals surface area contributed by atoms with Crippen molar-refractivity contribution in [3.8, 4) is 0 Å². The van der Waals surface area contributed by atoms with Gasteiger partial charge in [-0.05, 0) is 30.4 Å². The van der Waals surface area contributed by atoms with E-state index in [9.17, 15) is 4.79 Å². The summed E-state index contributed by atoms with van der Waals surface area (Å²) in [6.45, 7) is 6.69. The molecule has 1 aromatic heterocycles. The van der Waals surface area contributed by atoms with E-state index in [1.807, 2.05) is 11.4 Å². The summed E-state index contributed by atoms with van der Waals surface area (Å²) in [6.07, 6.45) is 1.29. The second kappa shape index (κ2) is 6.47. The van der Waals surface area contributed by atoms with Crippen LogP contribution in [0.25, 0.3) is 0 Å². The molecule has 0 saturated carbocycles. The van der Waals surface area contributed by atoms with Crippen molar-refractivity contribution in [2.24, 2.45) is 5.84 Å². The molecule has 1 amide bonds. The van der Waals surface area contributed by atoms with Gasteiger partial charge >= 0.3 is 0 Å². The number of nitrogens with one attached hydrogen (secondary N) is 1. The zero-order valence-electron chi connectivity index (χ0n) is 11.4. The van der Waals surface area contributed by atoms with E-state index in [0.29, 0.717) is 10.9 Å². The Kier molecular flexibility index (Phi) is 4.93. The number of ether oxygens (including phenoxy) is 1. The normalized spacial score (nSPS) is 24.4. The molecule has 106 valence electrons. The van der Waals surface area contributed by atoms with Gasteiger partial charge in [-0.25, -0.2) is 5.84 Å². The lowest BCUT2D eigenvalue weighted by atomic mass is 10.1. The molecular formula is C13H21N3O2S. The van der Waals surface area contributed by atoms with Crippen LogP contribution in [-0.4, -0.2) is 36.1 Å². The minimum absolute atomic E-state index is 0.209. The second-order valence-electron chi connectivity index (χ2n) is 4.88. The summed E-state index contributed by atoms with van der Waals surface area (Å²) in [7, 11) is 0. The maximum Gasteiger partial charge on any atom is 0.275 e. The van der Waals surface area contributed by atoms with Crippen LogP contribution in [-0.2, 0) is 11.3 Å². The van der Waals surface area contributed by atoms with Crippen molar-refractivity contribution in [3.05, 3.63) is 21.9 Å². The SMILES string of the molecule is CCC1COC(C)CN1Cc1ccsc1C(=O)NN. The van der Waals surface area contributed by atoms with E-state index in [1.54, 1.807) is 0 Å². The number of hydrogen-bond donors (Lipinski definition) is 2. The van der Waals surface area contributed by atoms with Crippen LogP contribution < -0.4 is 11.3 Å². The highest BCUT2D eigenvalue weighted by molar-refractivity contribution is 7.12. The highest BCUT2D eigenvalue weighted by Crippen LogP contribution is 2.22. The van der Waals surface area contributed by atoms with E-state index in [1.165, 1.54) is 11.3 Å². The number of carbonyl (C=O) groups excluding carboxylic acids is 1. The van der Waals surface area contributed by atoms with Crippen molar-refractivity contribution in [1.82, 2.24) is 10.3 Å². The molecule has 1 fully saturated rings. The molecule has 5 nitrogen and oxygen atoms in total. The van der Waals surface area contributed by atoms with Gasteiger partial charge in [-0.3, -0.25) is 15.1 Å². The number of carbonyl (C=O) groups is 1. The van der Waals surface area contributed by atoms with Crippen molar-refractivity contribution in [3.63, 3.8) is 0 Å². The highest BCUT2D eigenvalue weighted by atomic mass is 32.1. The average molecular weight is 283 g/mol. The smallest absolute Gasteiger partial charge is 0.275 e. The van der Waals surface area contributed by atoms with Crippen molar-refractivity contribution < 1.29 is 9.53 Å². The molecule has 3 N–H and O–H groups in total. The lowest BCUT2D eigenvalue weighted by Gasteiger charge is -2.38. The van der Waals surface area contributed by atoms with Crippen molar-refractivity contribution in [2.75, 3.05) is 13.2 Å². The van der Waals surface area contributed by atoms with E-state index in [-0.39, 0.29) is 12.0 Å². The van der Waals surface area contributed by atoms with E-state index < -0.39 is 0 Å². The van der Waals surface area contributed by atoms with E-state index in [4.69, 9.17) is 10.6 Å². The monoisotopic (exact) mass is 283 g/mol. The quantitative estimate of drug-likeness (QED) is 0.497. The molecule has 2 heterocycles. The minimum Gasteiger partial charge on any atom is -0.376 e. The first kappa shape index (κ1) is 14.5. The molecule has 0 aliphatic carbocycles. The van der Waals surface area contributed by atoms with Crippen LogP contribution in [0.15, 0.2) is 11.4 Å². The number of hydrazine groups is 1. The Morgan fingerprint density at radius 1 is 1.68 bits per heavy atom. The molecule has 6 heteroatoms. The molecule has 1 saturated heterocycles. The fourth-order valence-electron chi connectivity index (χ4n) is 2.43. The Balaban J connectivity index is 2.10. The molecule has 0 aromatic carbocycles. The maximum atomic E-state index is 11.7. The lowest BCUT2D eigenvalue weighted by Crippen LogP contribution is -2.48. The Bertz CT molecular complexity index is 435. The summed E-state index contributed by atoms with van der Waals surface area (Å²) in [4.78, 5) is 14.8. The van der Waals surface area contributed by atoms with Crippen LogP contribution in [0.4, 0.5) is 0 Å². The van der Waals surface area contributed by atoms with Crippen molar-refractivity contribution >= 4 is 17.2 Å². The van der Waals surface area contributed by atoms with Gasteiger partial charge in [0, 0.05) is 19.1 Å². The first-order chi connectivity index (χ1) is 9.15. The standard InChI is InChI=1S/C13H21N3O2S/c1-3-11-8-18-9(2)6-16(11)7-10-4-5-19-12(10)13(17)15-14/h4-5,9,11H,3,6-8,14H2,1-2H3,(H,15,17). The molecule has 1 aliphatic rings. The largest absolute Gasteiger partial charge is 0.376 e. The van der Waals surface area contributed by atoms with Gasteiger partial charge in [-0.1, -0.05) is 6.92 Å². The van der Waals surface area contributed by atoms with E-state index in [2.05, 4.69) is 24.2 Å². The Morgan fingerprint density at radius 2 is 2.47 bits per heavy atom. The number of morpholine rings is 1. The maximum absolute atomic E-state index is 11.7. The van der Waals surface area contributed by atoms with Gasteiger partial charge in [0.15, 0.2) is 0 Å². The number of thiophene rings is 1. The Morgan fingerprint density at radius 3 is 3.16 bits per heavy atom. The number of hydrogen-bond acceptors (Lipinski definition) is 5.